The smallest absolute Gasteiger partial charge is 0.295 e. The van der Waals surface area contributed by atoms with Gasteiger partial charge in [-0.3, -0.25) is 4.63 Å². The number of aromatic nitrogens is 2. The molecule has 78 valence electrons. The summed E-state index contributed by atoms with van der Waals surface area (Å²) in [6, 6.07) is 0. The normalized spacial score (nSPS) is 12.4. The molecule has 1 aromatic rings. The van der Waals surface area contributed by atoms with Crippen LogP contribution in [0.2, 0.25) is 0 Å². The largest absolute Gasteiger partial charge is 0.359 e. The Morgan fingerprint density at radius 1 is 1.79 bits per heavy atom. The summed E-state index contributed by atoms with van der Waals surface area (Å²) in [4.78, 5) is 14.4. The third-order valence-electron chi connectivity index (χ3n) is 1.68. The van der Waals surface area contributed by atoms with E-state index in [1.807, 2.05) is 0 Å². The molecule has 1 heterocycles. The Labute approximate surface area is 78.7 Å². The molecule has 0 saturated heterocycles. The number of aryl methyl sites for hydroxylation is 1. The van der Waals surface area contributed by atoms with E-state index in [0.717, 1.165) is 0 Å². The fraction of sp³-hybridized carbons (Fsp3) is 0.667. The molecule has 0 radical (unpaired) electrons. The maximum absolute atomic E-state index is 11.0. The van der Waals surface area contributed by atoms with Gasteiger partial charge in [-0.05, 0) is 11.8 Å². The molecule has 1 aromatic heterocycles. The van der Waals surface area contributed by atoms with Gasteiger partial charge in [0.2, 0.25) is 11.4 Å². The van der Waals surface area contributed by atoms with Gasteiger partial charge in [0.15, 0.2) is 6.10 Å². The van der Waals surface area contributed by atoms with Gasteiger partial charge in [-0.2, -0.15) is 0 Å². The van der Waals surface area contributed by atoms with Crippen LogP contribution in [-0.2, 0) is 11.3 Å². The van der Waals surface area contributed by atoms with Crippen molar-refractivity contribution in [3.8, 4) is 0 Å². The Bertz CT molecular complexity index is 336. The quantitative estimate of drug-likeness (QED) is 0.391. The fourth-order valence-electron chi connectivity index (χ4n) is 1.09. The van der Waals surface area contributed by atoms with Crippen LogP contribution in [0.25, 0.3) is 0 Å². The van der Waals surface area contributed by atoms with Crippen LogP contribution in [0.15, 0.2) is 4.63 Å². The lowest BCUT2D eigenvalue weighted by Gasteiger charge is -2.05. The summed E-state index contributed by atoms with van der Waals surface area (Å²) in [6.45, 7) is 3.13. The second-order valence-electron chi connectivity index (χ2n) is 2.59. The Balaban J connectivity index is 2.92. The molecule has 0 aliphatic carbocycles. The van der Waals surface area contributed by atoms with Gasteiger partial charge in [0.1, 0.15) is 0 Å². The van der Waals surface area contributed by atoms with Crippen LogP contribution in [0, 0.1) is 15.3 Å². The van der Waals surface area contributed by atoms with Crippen LogP contribution in [0.4, 0.5) is 0 Å². The maximum Gasteiger partial charge on any atom is 0.295 e. The predicted molar refractivity (Wildman–Crippen MR) is 41.3 cm³/mol. The van der Waals surface area contributed by atoms with Crippen molar-refractivity contribution in [3.05, 3.63) is 26.7 Å². The van der Waals surface area contributed by atoms with E-state index < -0.39 is 11.2 Å². The minimum Gasteiger partial charge on any atom is -0.359 e. The molecular weight excluding hydrogens is 194 g/mol. The molecule has 8 nitrogen and oxygen atoms in total. The summed E-state index contributed by atoms with van der Waals surface area (Å²) in [5.41, 5.74) is 0.388. The van der Waals surface area contributed by atoms with Crippen LogP contribution < -0.4 is 4.90 Å². The average Bonchev–Trinajstić information content (AvgIpc) is 2.45. The third-order valence-corrected chi connectivity index (χ3v) is 1.68. The van der Waals surface area contributed by atoms with Gasteiger partial charge in [0.05, 0.1) is 0 Å². The molecule has 1 atom stereocenters. The predicted octanol–water partition coefficient (Wildman–Crippen LogP) is 0.140. The molecular formula is C6H9N3O5. The van der Waals surface area contributed by atoms with Gasteiger partial charge in [0, 0.05) is 11.6 Å². The summed E-state index contributed by atoms with van der Waals surface area (Å²) in [5, 5.41) is 23.5. The number of nitrogens with zero attached hydrogens (tertiary/aromatic N) is 3. The zero-order valence-corrected chi connectivity index (χ0v) is 7.67. The maximum atomic E-state index is 11.0. The summed E-state index contributed by atoms with van der Waals surface area (Å²) in [6.07, 6.45) is -0.539. The Kier molecular flexibility index (Phi) is 2.85. The second kappa shape index (κ2) is 3.90. The first kappa shape index (κ1) is 10.2. The molecule has 0 amide bonds. The van der Waals surface area contributed by atoms with Crippen molar-refractivity contribution in [1.29, 1.82) is 0 Å². The highest BCUT2D eigenvalue weighted by Crippen LogP contribution is 2.16. The standard InChI is InChI=1S/C6H9N3O5/c1-3-5-6(8(10)14-7-5)4(2)13-9(11)12/h4H,3H2,1-2H3. The molecule has 8 heteroatoms. The van der Waals surface area contributed by atoms with Crippen molar-refractivity contribution >= 4 is 0 Å². The van der Waals surface area contributed by atoms with Crippen LogP contribution in [-0.4, -0.2) is 10.2 Å². The molecule has 0 aromatic carbocycles. The first-order chi connectivity index (χ1) is 6.56. The highest BCUT2D eigenvalue weighted by molar-refractivity contribution is 5.05. The number of rotatable bonds is 4. The summed E-state index contributed by atoms with van der Waals surface area (Å²) in [7, 11) is 0. The van der Waals surface area contributed by atoms with Crippen LogP contribution in [0.5, 0.6) is 0 Å². The summed E-state index contributed by atoms with van der Waals surface area (Å²) >= 11 is 0. The molecule has 1 rings (SSSR count). The van der Waals surface area contributed by atoms with E-state index in [1.165, 1.54) is 6.92 Å². The molecule has 0 saturated carbocycles. The van der Waals surface area contributed by atoms with E-state index in [4.69, 9.17) is 0 Å². The van der Waals surface area contributed by atoms with Gasteiger partial charge < -0.3 is 10.0 Å². The Morgan fingerprint density at radius 3 is 2.93 bits per heavy atom. The fourth-order valence-corrected chi connectivity index (χ4v) is 1.09. The van der Waals surface area contributed by atoms with Crippen molar-refractivity contribution < 1.29 is 19.5 Å². The first-order valence-electron chi connectivity index (χ1n) is 3.96. The lowest BCUT2D eigenvalue weighted by atomic mass is 10.2. The molecule has 0 spiro atoms. The van der Waals surface area contributed by atoms with Crippen LogP contribution >= 0.6 is 0 Å². The average molecular weight is 203 g/mol. The van der Waals surface area contributed by atoms with E-state index in [-0.39, 0.29) is 10.6 Å². The van der Waals surface area contributed by atoms with Gasteiger partial charge in [-0.25, -0.2) is 0 Å². The molecule has 0 N–H and O–H groups in total. The van der Waals surface area contributed by atoms with E-state index in [1.54, 1.807) is 6.92 Å². The van der Waals surface area contributed by atoms with Crippen molar-refractivity contribution in [2.24, 2.45) is 0 Å². The number of hydrogen-bond acceptors (Lipinski definition) is 6. The third kappa shape index (κ3) is 1.90. The minimum absolute atomic E-state index is 0.0317. The molecule has 0 bridgehead atoms. The van der Waals surface area contributed by atoms with E-state index in [9.17, 15) is 15.3 Å². The van der Waals surface area contributed by atoms with Gasteiger partial charge in [0.25, 0.3) is 5.09 Å². The first-order valence-corrected chi connectivity index (χ1v) is 3.96. The topological polar surface area (TPSA) is 105 Å². The number of hydrogen-bond donors (Lipinski definition) is 0. The Hall–Kier alpha value is -1.86. The lowest BCUT2D eigenvalue weighted by Crippen LogP contribution is -2.31. The zero-order chi connectivity index (χ0) is 10.7. The molecule has 0 fully saturated rings. The molecule has 0 aliphatic rings. The zero-order valence-electron chi connectivity index (χ0n) is 7.67. The van der Waals surface area contributed by atoms with Crippen molar-refractivity contribution in [2.75, 3.05) is 0 Å². The molecule has 0 aliphatic heterocycles. The van der Waals surface area contributed by atoms with Crippen LogP contribution in [0.3, 0.4) is 0 Å². The van der Waals surface area contributed by atoms with Gasteiger partial charge in [-0.1, -0.05) is 6.92 Å². The van der Waals surface area contributed by atoms with Crippen molar-refractivity contribution in [2.45, 2.75) is 26.4 Å². The summed E-state index contributed by atoms with van der Waals surface area (Å²) in [5.74, 6) is 0. The summed E-state index contributed by atoms with van der Waals surface area (Å²) < 4.78 is 4.30. The molecule has 1 unspecified atom stereocenters. The SMILES string of the molecule is CCc1no[n+]([O-])c1C(C)O[N+](=O)[O-]. The van der Waals surface area contributed by atoms with Crippen molar-refractivity contribution in [1.82, 2.24) is 5.16 Å². The van der Waals surface area contributed by atoms with Gasteiger partial charge in [-0.15, -0.1) is 10.1 Å². The van der Waals surface area contributed by atoms with Gasteiger partial charge >= 0.3 is 0 Å². The van der Waals surface area contributed by atoms with E-state index >= 15 is 0 Å². The lowest BCUT2D eigenvalue weighted by molar-refractivity contribution is -0.824. The van der Waals surface area contributed by atoms with Crippen molar-refractivity contribution in [3.63, 3.8) is 0 Å². The monoisotopic (exact) mass is 203 g/mol. The minimum atomic E-state index is -0.983. The highest BCUT2D eigenvalue weighted by atomic mass is 17.0. The second-order valence-corrected chi connectivity index (χ2v) is 2.59. The van der Waals surface area contributed by atoms with Crippen LogP contribution in [0.1, 0.15) is 31.3 Å². The highest BCUT2D eigenvalue weighted by Gasteiger charge is 2.26. The Morgan fingerprint density at radius 2 is 2.43 bits per heavy atom. The molecule has 14 heavy (non-hydrogen) atoms. The van der Waals surface area contributed by atoms with E-state index in [0.29, 0.717) is 12.1 Å². The van der Waals surface area contributed by atoms with E-state index in [2.05, 4.69) is 14.6 Å².